The number of hydrogen-bond acceptors (Lipinski definition) is 2. The van der Waals surface area contributed by atoms with Crippen molar-refractivity contribution in [2.75, 3.05) is 6.54 Å². The molecule has 0 bridgehead atoms. The Morgan fingerprint density at radius 3 is 2.00 bits per heavy atom. The van der Waals surface area contributed by atoms with Gasteiger partial charge < -0.3 is 5.32 Å². The largest absolute Gasteiger partial charge is 0.352 e. The maximum Gasteiger partial charge on any atom is 0.251 e. The minimum absolute atomic E-state index is 0.0362. The van der Waals surface area contributed by atoms with Gasteiger partial charge in [0.15, 0.2) is 5.78 Å². The maximum atomic E-state index is 12.4. The zero-order valence-electron chi connectivity index (χ0n) is 15.5. The normalized spacial score (nSPS) is 12.5. The average molecular weight is 337 g/mol. The fourth-order valence-electron chi connectivity index (χ4n) is 2.50. The molecule has 0 radical (unpaired) electrons. The number of rotatable bonds is 7. The summed E-state index contributed by atoms with van der Waals surface area (Å²) in [5.74, 6) is 0.253. The van der Waals surface area contributed by atoms with Gasteiger partial charge in [0.05, 0.1) is 0 Å². The molecule has 1 N–H and O–H groups in total. The molecule has 0 saturated carbocycles. The lowest BCUT2D eigenvalue weighted by atomic mass is 9.78. The summed E-state index contributed by atoms with van der Waals surface area (Å²) in [6.45, 7) is 9.40. The highest BCUT2D eigenvalue weighted by molar-refractivity contribution is 6.09. The standard InChI is InChI=1S/C22H27NO2/c1-5-22(3,4)16(2)15-23-21(25)19-13-11-18(12-14-19)20(24)17-9-7-6-8-10-17/h6-14,16H,5,15H2,1-4H3,(H,23,25). The van der Waals surface area contributed by atoms with Crippen molar-refractivity contribution in [3.8, 4) is 0 Å². The molecular formula is C22H27NO2. The molecule has 1 amide bonds. The number of nitrogens with one attached hydrogen (secondary N) is 1. The Labute approximate surface area is 150 Å². The van der Waals surface area contributed by atoms with E-state index >= 15 is 0 Å². The predicted molar refractivity (Wildman–Crippen MR) is 102 cm³/mol. The second-order valence-corrected chi connectivity index (χ2v) is 7.23. The Balaban J connectivity index is 2.00. The molecule has 132 valence electrons. The van der Waals surface area contributed by atoms with Crippen LogP contribution in [-0.2, 0) is 0 Å². The lowest BCUT2D eigenvalue weighted by molar-refractivity contribution is 0.0931. The molecule has 0 aliphatic rings. The van der Waals surface area contributed by atoms with Gasteiger partial charge in [-0.25, -0.2) is 0 Å². The first kappa shape index (κ1) is 18.9. The summed E-state index contributed by atoms with van der Waals surface area (Å²) in [6, 6.07) is 16.0. The number of benzene rings is 2. The highest BCUT2D eigenvalue weighted by Gasteiger charge is 2.24. The Morgan fingerprint density at radius 1 is 0.920 bits per heavy atom. The summed E-state index contributed by atoms with van der Waals surface area (Å²) in [7, 11) is 0. The molecule has 0 fully saturated rings. The molecule has 2 aromatic carbocycles. The van der Waals surface area contributed by atoms with Crippen molar-refractivity contribution < 1.29 is 9.59 Å². The van der Waals surface area contributed by atoms with E-state index in [-0.39, 0.29) is 17.1 Å². The van der Waals surface area contributed by atoms with Crippen LogP contribution >= 0.6 is 0 Å². The van der Waals surface area contributed by atoms with Crippen molar-refractivity contribution >= 4 is 11.7 Å². The average Bonchev–Trinajstić information content (AvgIpc) is 2.65. The molecule has 1 unspecified atom stereocenters. The van der Waals surface area contributed by atoms with E-state index in [0.717, 1.165) is 6.42 Å². The lowest BCUT2D eigenvalue weighted by Crippen LogP contribution is -2.34. The summed E-state index contributed by atoms with van der Waals surface area (Å²) < 4.78 is 0. The van der Waals surface area contributed by atoms with Crippen molar-refractivity contribution in [1.82, 2.24) is 5.32 Å². The van der Waals surface area contributed by atoms with E-state index in [0.29, 0.717) is 29.2 Å². The zero-order valence-corrected chi connectivity index (χ0v) is 15.5. The van der Waals surface area contributed by atoms with E-state index < -0.39 is 0 Å². The fraction of sp³-hybridized carbons (Fsp3) is 0.364. The van der Waals surface area contributed by atoms with Crippen molar-refractivity contribution in [3.05, 3.63) is 71.3 Å². The second kappa shape index (κ2) is 8.11. The second-order valence-electron chi connectivity index (χ2n) is 7.23. The van der Waals surface area contributed by atoms with E-state index in [2.05, 4.69) is 33.0 Å². The first-order chi connectivity index (χ1) is 11.8. The minimum Gasteiger partial charge on any atom is -0.352 e. The van der Waals surface area contributed by atoms with Crippen LogP contribution < -0.4 is 5.32 Å². The summed E-state index contributed by atoms with van der Waals surface area (Å²) >= 11 is 0. The van der Waals surface area contributed by atoms with Crippen molar-refractivity contribution in [3.63, 3.8) is 0 Å². The number of hydrogen-bond donors (Lipinski definition) is 1. The molecule has 0 aliphatic heterocycles. The summed E-state index contributed by atoms with van der Waals surface area (Å²) in [5, 5.41) is 3.00. The topological polar surface area (TPSA) is 46.2 Å². The van der Waals surface area contributed by atoms with Crippen LogP contribution in [-0.4, -0.2) is 18.2 Å². The lowest BCUT2D eigenvalue weighted by Gasteiger charge is -2.30. The van der Waals surface area contributed by atoms with E-state index in [1.54, 1.807) is 36.4 Å². The van der Waals surface area contributed by atoms with Gasteiger partial charge in [-0.1, -0.05) is 76.6 Å². The molecule has 1 atom stereocenters. The van der Waals surface area contributed by atoms with E-state index in [4.69, 9.17) is 0 Å². The number of ketones is 1. The zero-order chi connectivity index (χ0) is 18.4. The van der Waals surface area contributed by atoms with Crippen molar-refractivity contribution in [1.29, 1.82) is 0 Å². The molecular weight excluding hydrogens is 310 g/mol. The van der Waals surface area contributed by atoms with Crippen molar-refractivity contribution in [2.24, 2.45) is 11.3 Å². The van der Waals surface area contributed by atoms with Gasteiger partial charge in [-0.05, 0) is 23.5 Å². The molecule has 3 heteroatoms. The third-order valence-corrected chi connectivity index (χ3v) is 5.26. The summed E-state index contributed by atoms with van der Waals surface area (Å²) in [4.78, 5) is 24.7. The van der Waals surface area contributed by atoms with Crippen molar-refractivity contribution in [2.45, 2.75) is 34.1 Å². The van der Waals surface area contributed by atoms with Gasteiger partial charge in [0.2, 0.25) is 0 Å². The highest BCUT2D eigenvalue weighted by atomic mass is 16.1. The van der Waals surface area contributed by atoms with Crippen LogP contribution in [0.25, 0.3) is 0 Å². The smallest absolute Gasteiger partial charge is 0.251 e. The number of carbonyl (C=O) groups is 2. The van der Waals surface area contributed by atoms with Gasteiger partial charge >= 0.3 is 0 Å². The molecule has 0 spiro atoms. The van der Waals surface area contributed by atoms with E-state index in [9.17, 15) is 9.59 Å². The third kappa shape index (κ3) is 4.79. The van der Waals surface area contributed by atoms with E-state index in [1.165, 1.54) is 0 Å². The Kier molecular flexibility index (Phi) is 6.13. The van der Waals surface area contributed by atoms with Gasteiger partial charge in [0.25, 0.3) is 5.91 Å². The van der Waals surface area contributed by atoms with Crippen LogP contribution in [0.3, 0.4) is 0 Å². The number of amides is 1. The predicted octanol–water partition coefficient (Wildman–Crippen LogP) is 4.72. The molecule has 0 heterocycles. The minimum atomic E-state index is -0.0996. The summed E-state index contributed by atoms with van der Waals surface area (Å²) in [5.41, 5.74) is 2.00. The molecule has 2 aromatic rings. The maximum absolute atomic E-state index is 12.4. The van der Waals surface area contributed by atoms with Gasteiger partial charge in [0, 0.05) is 23.2 Å². The van der Waals surface area contributed by atoms with Crippen LogP contribution in [0.4, 0.5) is 0 Å². The Morgan fingerprint density at radius 2 is 1.44 bits per heavy atom. The quantitative estimate of drug-likeness (QED) is 0.743. The van der Waals surface area contributed by atoms with Crippen LogP contribution in [0.2, 0.25) is 0 Å². The van der Waals surface area contributed by atoms with Crippen LogP contribution in [0.5, 0.6) is 0 Å². The van der Waals surface area contributed by atoms with Gasteiger partial charge in [0.1, 0.15) is 0 Å². The fourth-order valence-corrected chi connectivity index (χ4v) is 2.50. The van der Waals surface area contributed by atoms with E-state index in [1.807, 2.05) is 18.2 Å². The Bertz CT molecular complexity index is 717. The SMILES string of the molecule is CCC(C)(C)C(C)CNC(=O)c1ccc(C(=O)c2ccccc2)cc1. The molecule has 0 aromatic heterocycles. The Hall–Kier alpha value is -2.42. The monoisotopic (exact) mass is 337 g/mol. The molecule has 25 heavy (non-hydrogen) atoms. The van der Waals surface area contributed by atoms with Crippen LogP contribution in [0.1, 0.15) is 60.4 Å². The first-order valence-corrected chi connectivity index (χ1v) is 8.83. The van der Waals surface area contributed by atoms with Gasteiger partial charge in [-0.15, -0.1) is 0 Å². The summed E-state index contributed by atoms with van der Waals surface area (Å²) in [6.07, 6.45) is 1.07. The highest BCUT2D eigenvalue weighted by Crippen LogP contribution is 2.29. The molecule has 3 nitrogen and oxygen atoms in total. The number of carbonyl (C=O) groups excluding carboxylic acids is 2. The third-order valence-electron chi connectivity index (χ3n) is 5.26. The molecule has 0 saturated heterocycles. The first-order valence-electron chi connectivity index (χ1n) is 8.83. The molecule has 0 aliphatic carbocycles. The van der Waals surface area contributed by atoms with Crippen LogP contribution in [0, 0.1) is 11.3 Å². The molecule has 2 rings (SSSR count). The van der Waals surface area contributed by atoms with Crippen LogP contribution in [0.15, 0.2) is 54.6 Å². The van der Waals surface area contributed by atoms with Gasteiger partial charge in [-0.2, -0.15) is 0 Å². The van der Waals surface area contributed by atoms with Gasteiger partial charge in [-0.3, -0.25) is 9.59 Å².